The van der Waals surface area contributed by atoms with E-state index in [0.717, 1.165) is 24.3 Å². The number of rotatable bonds is 5. The zero-order valence-corrected chi connectivity index (χ0v) is 10.4. The Bertz CT molecular complexity index is 287. The van der Waals surface area contributed by atoms with Gasteiger partial charge in [0.1, 0.15) is 5.76 Å². The molecule has 1 aromatic rings. The molecule has 0 radical (unpaired) electrons. The van der Waals surface area contributed by atoms with Crippen LogP contribution < -0.4 is 5.32 Å². The number of hydrogen-bond donors (Lipinski definition) is 1. The quantitative estimate of drug-likeness (QED) is 0.811. The Morgan fingerprint density at radius 1 is 1.27 bits per heavy atom. The molecule has 0 bridgehead atoms. The molecule has 1 heterocycles. The van der Waals surface area contributed by atoms with Gasteiger partial charge in [-0.1, -0.05) is 12.1 Å². The molecule has 0 spiro atoms. The topological polar surface area (TPSA) is 38.1 Å². The van der Waals surface area contributed by atoms with E-state index in [4.69, 9.17) is 4.52 Å². The van der Waals surface area contributed by atoms with Crippen molar-refractivity contribution in [3.63, 3.8) is 0 Å². The summed E-state index contributed by atoms with van der Waals surface area (Å²) >= 11 is 0. The molecule has 1 rings (SSSR count). The molecule has 2 unspecified atom stereocenters. The van der Waals surface area contributed by atoms with Crippen LogP contribution >= 0.6 is 0 Å². The van der Waals surface area contributed by atoms with E-state index in [0.29, 0.717) is 12.1 Å². The molecule has 1 aromatic heterocycles. The van der Waals surface area contributed by atoms with Gasteiger partial charge in [-0.3, -0.25) is 0 Å². The molecule has 2 atom stereocenters. The van der Waals surface area contributed by atoms with Crippen LogP contribution in [0, 0.1) is 13.8 Å². The minimum Gasteiger partial charge on any atom is -0.361 e. The summed E-state index contributed by atoms with van der Waals surface area (Å²) in [5.41, 5.74) is 2.27. The molecule has 0 saturated heterocycles. The van der Waals surface area contributed by atoms with E-state index in [1.165, 1.54) is 5.56 Å². The Balaban J connectivity index is 2.54. The highest BCUT2D eigenvalue weighted by Crippen LogP contribution is 2.14. The molecule has 0 aromatic carbocycles. The van der Waals surface area contributed by atoms with Gasteiger partial charge in [0.25, 0.3) is 0 Å². The van der Waals surface area contributed by atoms with Crippen molar-refractivity contribution >= 4 is 0 Å². The highest BCUT2D eigenvalue weighted by Gasteiger charge is 2.13. The first-order valence-corrected chi connectivity index (χ1v) is 5.72. The average Bonchev–Trinajstić information content (AvgIpc) is 2.49. The zero-order chi connectivity index (χ0) is 11.4. The minimum atomic E-state index is 0.469. The predicted molar refractivity (Wildman–Crippen MR) is 62.0 cm³/mol. The van der Waals surface area contributed by atoms with Crippen molar-refractivity contribution in [3.8, 4) is 0 Å². The second-order valence-corrected chi connectivity index (χ2v) is 4.38. The van der Waals surface area contributed by atoms with Crippen LogP contribution in [0.2, 0.25) is 0 Å². The standard InChI is InChI=1S/C12H22N2O/c1-6-8(2)13-9(3)7-12-10(4)14-15-11(12)5/h8-9,13H,6-7H2,1-5H3. The first-order valence-electron chi connectivity index (χ1n) is 5.72. The van der Waals surface area contributed by atoms with Crippen LogP contribution in [0.5, 0.6) is 0 Å². The number of aromatic nitrogens is 1. The lowest BCUT2D eigenvalue weighted by Crippen LogP contribution is -2.35. The number of nitrogens with zero attached hydrogens (tertiary/aromatic N) is 1. The summed E-state index contributed by atoms with van der Waals surface area (Å²) in [7, 11) is 0. The molecule has 0 fully saturated rings. The summed E-state index contributed by atoms with van der Waals surface area (Å²) < 4.78 is 5.15. The van der Waals surface area contributed by atoms with Gasteiger partial charge in [0.2, 0.25) is 0 Å². The van der Waals surface area contributed by atoms with E-state index in [9.17, 15) is 0 Å². The molecule has 0 amide bonds. The maximum Gasteiger partial charge on any atom is 0.137 e. The lowest BCUT2D eigenvalue weighted by Gasteiger charge is -2.18. The molecule has 0 aliphatic carbocycles. The van der Waals surface area contributed by atoms with Crippen molar-refractivity contribution in [2.24, 2.45) is 0 Å². The van der Waals surface area contributed by atoms with E-state index in [1.807, 2.05) is 13.8 Å². The molecule has 0 saturated carbocycles. The van der Waals surface area contributed by atoms with Gasteiger partial charge in [-0.25, -0.2) is 0 Å². The summed E-state index contributed by atoms with van der Waals surface area (Å²) in [6, 6.07) is 1.04. The highest BCUT2D eigenvalue weighted by atomic mass is 16.5. The van der Waals surface area contributed by atoms with Crippen molar-refractivity contribution in [3.05, 3.63) is 17.0 Å². The molecule has 0 aliphatic rings. The summed E-state index contributed by atoms with van der Waals surface area (Å²) in [5, 5.41) is 7.52. The second-order valence-electron chi connectivity index (χ2n) is 4.38. The van der Waals surface area contributed by atoms with Crippen LogP contribution in [0.4, 0.5) is 0 Å². The number of nitrogens with one attached hydrogen (secondary N) is 1. The van der Waals surface area contributed by atoms with E-state index in [2.05, 4.69) is 31.2 Å². The first-order chi connectivity index (χ1) is 7.04. The maximum atomic E-state index is 5.15. The van der Waals surface area contributed by atoms with Crippen molar-refractivity contribution in [1.29, 1.82) is 0 Å². The SMILES string of the molecule is CCC(C)NC(C)Cc1c(C)noc1C. The van der Waals surface area contributed by atoms with Crippen molar-refractivity contribution in [2.75, 3.05) is 0 Å². The van der Waals surface area contributed by atoms with Crippen LogP contribution in [-0.2, 0) is 6.42 Å². The summed E-state index contributed by atoms with van der Waals surface area (Å²) in [5.74, 6) is 0.949. The van der Waals surface area contributed by atoms with Gasteiger partial charge in [0, 0.05) is 17.6 Å². The van der Waals surface area contributed by atoms with Gasteiger partial charge in [0.05, 0.1) is 5.69 Å². The van der Waals surface area contributed by atoms with E-state index < -0.39 is 0 Å². The van der Waals surface area contributed by atoms with Gasteiger partial charge in [-0.05, 0) is 40.5 Å². The van der Waals surface area contributed by atoms with E-state index in [-0.39, 0.29) is 0 Å². The van der Waals surface area contributed by atoms with Gasteiger partial charge in [-0.15, -0.1) is 0 Å². The fraction of sp³-hybridized carbons (Fsp3) is 0.750. The molecule has 1 N–H and O–H groups in total. The Kier molecular flexibility index (Phi) is 4.33. The summed E-state index contributed by atoms with van der Waals surface area (Å²) in [6.45, 7) is 10.6. The fourth-order valence-corrected chi connectivity index (χ4v) is 1.76. The van der Waals surface area contributed by atoms with Crippen molar-refractivity contribution in [1.82, 2.24) is 10.5 Å². The van der Waals surface area contributed by atoms with E-state index >= 15 is 0 Å². The Hall–Kier alpha value is -0.830. The average molecular weight is 210 g/mol. The fourth-order valence-electron chi connectivity index (χ4n) is 1.76. The molecule has 3 heteroatoms. The summed E-state index contributed by atoms with van der Waals surface area (Å²) in [6.07, 6.45) is 2.15. The molecular weight excluding hydrogens is 188 g/mol. The van der Waals surface area contributed by atoms with Crippen molar-refractivity contribution < 1.29 is 4.52 Å². The highest BCUT2D eigenvalue weighted by molar-refractivity contribution is 5.21. The second kappa shape index (κ2) is 5.31. The van der Waals surface area contributed by atoms with Gasteiger partial charge in [0.15, 0.2) is 0 Å². The molecular formula is C12H22N2O. The predicted octanol–water partition coefficient (Wildman–Crippen LogP) is 2.61. The maximum absolute atomic E-state index is 5.15. The number of aryl methyl sites for hydroxylation is 2. The van der Waals surface area contributed by atoms with Crippen LogP contribution in [0.1, 0.15) is 44.2 Å². The molecule has 0 aliphatic heterocycles. The normalized spacial score (nSPS) is 15.3. The first kappa shape index (κ1) is 12.2. The van der Waals surface area contributed by atoms with Gasteiger partial charge >= 0.3 is 0 Å². The number of hydrogen-bond acceptors (Lipinski definition) is 3. The molecule has 86 valence electrons. The monoisotopic (exact) mass is 210 g/mol. The van der Waals surface area contributed by atoms with E-state index in [1.54, 1.807) is 0 Å². The zero-order valence-electron chi connectivity index (χ0n) is 10.4. The Labute approximate surface area is 92.2 Å². The minimum absolute atomic E-state index is 0.469. The lowest BCUT2D eigenvalue weighted by atomic mass is 10.0. The van der Waals surface area contributed by atoms with Gasteiger partial charge < -0.3 is 9.84 Å². The Morgan fingerprint density at radius 3 is 2.40 bits per heavy atom. The third-order valence-electron chi connectivity index (χ3n) is 2.87. The smallest absolute Gasteiger partial charge is 0.137 e. The van der Waals surface area contributed by atoms with Crippen molar-refractivity contribution in [2.45, 2.75) is 59.5 Å². The van der Waals surface area contributed by atoms with Crippen LogP contribution in [0.15, 0.2) is 4.52 Å². The van der Waals surface area contributed by atoms with Crippen LogP contribution in [0.25, 0.3) is 0 Å². The summed E-state index contributed by atoms with van der Waals surface area (Å²) in [4.78, 5) is 0. The van der Waals surface area contributed by atoms with Crippen LogP contribution in [-0.4, -0.2) is 17.2 Å². The van der Waals surface area contributed by atoms with Crippen LogP contribution in [0.3, 0.4) is 0 Å². The lowest BCUT2D eigenvalue weighted by molar-refractivity contribution is 0.390. The van der Waals surface area contributed by atoms with Gasteiger partial charge in [-0.2, -0.15) is 0 Å². The largest absolute Gasteiger partial charge is 0.361 e. The molecule has 3 nitrogen and oxygen atoms in total. The Morgan fingerprint density at radius 2 is 1.93 bits per heavy atom. The third kappa shape index (κ3) is 3.34. The third-order valence-corrected chi connectivity index (χ3v) is 2.87. The molecule has 15 heavy (non-hydrogen) atoms.